The van der Waals surface area contributed by atoms with Gasteiger partial charge in [0.05, 0.1) is 19.8 Å². The van der Waals surface area contributed by atoms with Gasteiger partial charge in [0, 0.05) is 43.7 Å². The summed E-state index contributed by atoms with van der Waals surface area (Å²) in [5.74, 6) is 0.679. The molecule has 0 atom stereocenters. The molecule has 0 amide bonds. The van der Waals surface area contributed by atoms with Crippen molar-refractivity contribution in [2.24, 2.45) is 0 Å². The van der Waals surface area contributed by atoms with E-state index in [4.69, 9.17) is 14.6 Å². The van der Waals surface area contributed by atoms with E-state index in [0.717, 1.165) is 49.5 Å². The summed E-state index contributed by atoms with van der Waals surface area (Å²) in [5.41, 5.74) is 6.35. The Kier molecular flexibility index (Phi) is 5.47. The molecule has 1 aromatic heterocycles. The van der Waals surface area contributed by atoms with E-state index in [1.54, 1.807) is 0 Å². The van der Waals surface area contributed by atoms with Gasteiger partial charge < -0.3 is 9.47 Å². The third kappa shape index (κ3) is 4.08. The molecule has 3 aromatic rings. The highest BCUT2D eigenvalue weighted by molar-refractivity contribution is 5.89. The maximum atomic E-state index is 12.6. The molecule has 0 radical (unpaired) electrons. The zero-order chi connectivity index (χ0) is 21.2. The molecule has 6 nitrogen and oxygen atoms in total. The van der Waals surface area contributed by atoms with Crippen molar-refractivity contribution in [3.8, 4) is 5.75 Å². The van der Waals surface area contributed by atoms with Gasteiger partial charge in [-0.2, -0.15) is 5.10 Å². The monoisotopic (exact) mass is 417 g/mol. The summed E-state index contributed by atoms with van der Waals surface area (Å²) in [6.45, 7) is 6.09. The first-order valence-electron chi connectivity index (χ1n) is 11.0. The smallest absolute Gasteiger partial charge is 0.359 e. The number of ether oxygens (including phenoxy) is 2. The Hall–Kier alpha value is -3.12. The first-order valence-corrected chi connectivity index (χ1v) is 11.0. The first kappa shape index (κ1) is 19.8. The highest BCUT2D eigenvalue weighted by Gasteiger charge is 2.29. The molecule has 6 heteroatoms. The van der Waals surface area contributed by atoms with Gasteiger partial charge in [-0.05, 0) is 29.7 Å². The Labute approximate surface area is 182 Å². The molecule has 0 aliphatic carbocycles. The van der Waals surface area contributed by atoms with E-state index in [-0.39, 0.29) is 5.97 Å². The molecule has 31 heavy (non-hydrogen) atoms. The van der Waals surface area contributed by atoms with Gasteiger partial charge in [-0.1, -0.05) is 42.5 Å². The fourth-order valence-electron chi connectivity index (χ4n) is 4.53. The van der Waals surface area contributed by atoms with E-state index < -0.39 is 0 Å². The summed E-state index contributed by atoms with van der Waals surface area (Å²) < 4.78 is 12.9. The standard InChI is InChI=1S/C25H27N3O3/c1-2-30-25(29)24-21-17-27(15-19-8-9-23-20(14-19)11-13-31-23)12-10-22(21)28(26-24)16-18-6-4-3-5-7-18/h3-9,14H,2,10-13,15-17H2,1H3. The predicted molar refractivity (Wildman–Crippen MR) is 117 cm³/mol. The number of carbonyl (C=O) groups is 1. The van der Waals surface area contributed by atoms with Gasteiger partial charge in [-0.3, -0.25) is 9.58 Å². The molecule has 0 unspecified atom stereocenters. The van der Waals surface area contributed by atoms with E-state index in [1.807, 2.05) is 29.8 Å². The minimum absolute atomic E-state index is 0.331. The maximum Gasteiger partial charge on any atom is 0.359 e. The summed E-state index contributed by atoms with van der Waals surface area (Å²) in [7, 11) is 0. The van der Waals surface area contributed by atoms with Crippen LogP contribution in [0, 0.1) is 0 Å². The number of nitrogens with zero attached hydrogens (tertiary/aromatic N) is 3. The first-order chi connectivity index (χ1) is 15.2. The van der Waals surface area contributed by atoms with Crippen LogP contribution in [0.4, 0.5) is 0 Å². The van der Waals surface area contributed by atoms with Crippen molar-refractivity contribution in [1.29, 1.82) is 0 Å². The Morgan fingerprint density at radius 2 is 1.97 bits per heavy atom. The summed E-state index contributed by atoms with van der Waals surface area (Å²) in [5, 5.41) is 4.69. The zero-order valence-corrected chi connectivity index (χ0v) is 17.8. The van der Waals surface area contributed by atoms with Crippen molar-refractivity contribution < 1.29 is 14.3 Å². The molecule has 2 aliphatic rings. The average Bonchev–Trinajstić information content (AvgIpc) is 3.39. The summed E-state index contributed by atoms with van der Waals surface area (Å²) in [6.07, 6.45) is 1.84. The molecule has 0 spiro atoms. The van der Waals surface area contributed by atoms with Gasteiger partial charge in [0.2, 0.25) is 0 Å². The summed E-state index contributed by atoms with van der Waals surface area (Å²) in [4.78, 5) is 15.0. The van der Waals surface area contributed by atoms with Gasteiger partial charge in [-0.25, -0.2) is 4.79 Å². The molecule has 3 heterocycles. The molecule has 0 bridgehead atoms. The van der Waals surface area contributed by atoms with Crippen LogP contribution in [0.5, 0.6) is 5.75 Å². The zero-order valence-electron chi connectivity index (χ0n) is 17.8. The number of esters is 1. The number of hydrogen-bond acceptors (Lipinski definition) is 5. The summed E-state index contributed by atoms with van der Waals surface area (Å²) >= 11 is 0. The van der Waals surface area contributed by atoms with Crippen molar-refractivity contribution in [3.05, 3.63) is 82.2 Å². The quantitative estimate of drug-likeness (QED) is 0.574. The number of aromatic nitrogens is 2. The van der Waals surface area contributed by atoms with Crippen molar-refractivity contribution >= 4 is 5.97 Å². The average molecular weight is 418 g/mol. The van der Waals surface area contributed by atoms with Crippen molar-refractivity contribution in [1.82, 2.24) is 14.7 Å². The number of fused-ring (bicyclic) bond motifs is 2. The lowest BCUT2D eigenvalue weighted by Crippen LogP contribution is -2.31. The molecule has 5 rings (SSSR count). The van der Waals surface area contributed by atoms with E-state index in [0.29, 0.717) is 25.4 Å². The Bertz CT molecular complexity index is 1090. The second kappa shape index (κ2) is 8.55. The minimum Gasteiger partial charge on any atom is -0.493 e. The molecule has 0 fully saturated rings. The SMILES string of the molecule is CCOC(=O)c1nn(Cc2ccccc2)c2c1CN(Cc1ccc3c(c1)CCO3)CC2. The van der Waals surface area contributed by atoms with Crippen molar-refractivity contribution in [2.45, 2.75) is 39.4 Å². The third-order valence-electron chi connectivity index (χ3n) is 6.02. The van der Waals surface area contributed by atoms with Gasteiger partial charge in [-0.15, -0.1) is 0 Å². The normalized spacial score (nSPS) is 15.3. The highest BCUT2D eigenvalue weighted by atomic mass is 16.5. The molecular formula is C25H27N3O3. The second-order valence-corrected chi connectivity index (χ2v) is 8.14. The minimum atomic E-state index is -0.331. The van der Waals surface area contributed by atoms with Crippen LogP contribution < -0.4 is 4.74 Å². The second-order valence-electron chi connectivity index (χ2n) is 8.14. The van der Waals surface area contributed by atoms with Crippen LogP contribution in [-0.2, 0) is 37.2 Å². The van der Waals surface area contributed by atoms with Gasteiger partial charge >= 0.3 is 5.97 Å². The van der Waals surface area contributed by atoms with Gasteiger partial charge in [0.1, 0.15) is 5.75 Å². The lowest BCUT2D eigenvalue weighted by molar-refractivity contribution is 0.0515. The Balaban J connectivity index is 1.40. The van der Waals surface area contributed by atoms with Gasteiger partial charge in [0.15, 0.2) is 5.69 Å². The van der Waals surface area contributed by atoms with Gasteiger partial charge in [0.25, 0.3) is 0 Å². The van der Waals surface area contributed by atoms with Crippen LogP contribution >= 0.6 is 0 Å². The van der Waals surface area contributed by atoms with Crippen LogP contribution in [0.3, 0.4) is 0 Å². The number of carbonyl (C=O) groups excluding carboxylic acids is 1. The topological polar surface area (TPSA) is 56.6 Å². The van der Waals surface area contributed by atoms with Crippen LogP contribution in [0.1, 0.15) is 45.4 Å². The Morgan fingerprint density at radius 3 is 2.81 bits per heavy atom. The van der Waals surface area contributed by atoms with Crippen molar-refractivity contribution in [3.63, 3.8) is 0 Å². The van der Waals surface area contributed by atoms with E-state index in [1.165, 1.54) is 16.7 Å². The van der Waals surface area contributed by atoms with Crippen LogP contribution in [-0.4, -0.2) is 40.4 Å². The Morgan fingerprint density at radius 1 is 1.10 bits per heavy atom. The number of hydrogen-bond donors (Lipinski definition) is 0. The molecule has 2 aliphatic heterocycles. The lowest BCUT2D eigenvalue weighted by atomic mass is 10.0. The molecule has 0 saturated carbocycles. The molecule has 0 saturated heterocycles. The van der Waals surface area contributed by atoms with E-state index in [9.17, 15) is 4.79 Å². The van der Waals surface area contributed by atoms with E-state index in [2.05, 4.69) is 35.2 Å². The fourth-order valence-corrected chi connectivity index (χ4v) is 4.53. The van der Waals surface area contributed by atoms with Crippen LogP contribution in [0.25, 0.3) is 0 Å². The molecule has 160 valence electrons. The molecular weight excluding hydrogens is 390 g/mol. The largest absolute Gasteiger partial charge is 0.493 e. The molecule has 0 N–H and O–H groups in total. The number of rotatable bonds is 6. The summed E-state index contributed by atoms with van der Waals surface area (Å²) in [6, 6.07) is 16.7. The predicted octanol–water partition coefficient (Wildman–Crippen LogP) is 3.60. The highest BCUT2D eigenvalue weighted by Crippen LogP contribution is 2.29. The maximum absolute atomic E-state index is 12.6. The third-order valence-corrected chi connectivity index (χ3v) is 6.02. The van der Waals surface area contributed by atoms with Crippen LogP contribution in [0.2, 0.25) is 0 Å². The van der Waals surface area contributed by atoms with Crippen LogP contribution in [0.15, 0.2) is 48.5 Å². The van der Waals surface area contributed by atoms with Crippen molar-refractivity contribution in [2.75, 3.05) is 19.8 Å². The number of benzene rings is 2. The fraction of sp³-hybridized carbons (Fsp3) is 0.360. The lowest BCUT2D eigenvalue weighted by Gasteiger charge is -2.28. The molecule has 2 aromatic carbocycles. The van der Waals surface area contributed by atoms with E-state index >= 15 is 0 Å².